The van der Waals surface area contributed by atoms with Crippen LogP contribution in [0, 0.1) is 10.1 Å². The van der Waals surface area contributed by atoms with E-state index in [9.17, 15) is 23.3 Å². The van der Waals surface area contributed by atoms with Crippen LogP contribution in [0.5, 0.6) is 0 Å². The predicted molar refractivity (Wildman–Crippen MR) is 144 cm³/mol. The Morgan fingerprint density at radius 2 is 1.79 bits per heavy atom. The second kappa shape index (κ2) is 13.2. The van der Waals surface area contributed by atoms with Crippen LogP contribution < -0.4 is 0 Å². The Morgan fingerprint density at radius 3 is 2.46 bits per heavy atom. The molecule has 0 spiro atoms. The summed E-state index contributed by atoms with van der Waals surface area (Å²) in [5, 5.41) is 11.2. The summed E-state index contributed by atoms with van der Waals surface area (Å²) in [6.45, 7) is 2.62. The molecule has 0 saturated carbocycles. The Morgan fingerprint density at radius 1 is 1.05 bits per heavy atom. The molecule has 0 N–H and O–H groups in total. The van der Waals surface area contributed by atoms with Crippen LogP contribution in [0.3, 0.4) is 0 Å². The van der Waals surface area contributed by atoms with E-state index in [0.29, 0.717) is 38.6 Å². The van der Waals surface area contributed by atoms with Gasteiger partial charge in [-0.3, -0.25) is 19.8 Å². The van der Waals surface area contributed by atoms with Crippen LogP contribution in [0.1, 0.15) is 11.3 Å². The van der Waals surface area contributed by atoms with Gasteiger partial charge in [0.05, 0.1) is 42.4 Å². The molecule has 1 aliphatic rings. The molecule has 1 saturated heterocycles. The smallest absolute Gasteiger partial charge is 0.289 e. The molecule has 13 heteroatoms. The van der Waals surface area contributed by atoms with Crippen LogP contribution in [0.15, 0.2) is 76.2 Å². The van der Waals surface area contributed by atoms with Crippen molar-refractivity contribution in [2.24, 2.45) is 0 Å². The van der Waals surface area contributed by atoms with Gasteiger partial charge in [0, 0.05) is 38.8 Å². The molecule has 0 aliphatic carbocycles. The van der Waals surface area contributed by atoms with E-state index >= 15 is 0 Å². The zero-order chi connectivity index (χ0) is 27.8. The molecule has 2 aromatic carbocycles. The minimum absolute atomic E-state index is 0.00439. The highest BCUT2D eigenvalue weighted by Crippen LogP contribution is 2.28. The number of nitro benzene ring substituents is 1. The summed E-state index contributed by atoms with van der Waals surface area (Å²) < 4.78 is 39.4. The summed E-state index contributed by atoms with van der Waals surface area (Å²) in [6.07, 6.45) is 1.51. The number of morpholine rings is 1. The first-order valence-electron chi connectivity index (χ1n) is 12.3. The summed E-state index contributed by atoms with van der Waals surface area (Å²) >= 11 is 5.92. The number of nitrogens with zero attached hydrogens (tertiary/aromatic N) is 4. The van der Waals surface area contributed by atoms with Gasteiger partial charge in [0.1, 0.15) is 10.8 Å². The Kier molecular flexibility index (Phi) is 9.70. The second-order valence-electron chi connectivity index (χ2n) is 8.98. The number of furan rings is 1. The van der Waals surface area contributed by atoms with Crippen molar-refractivity contribution in [3.63, 3.8) is 0 Å². The number of rotatable bonds is 12. The lowest BCUT2D eigenvalue weighted by Crippen LogP contribution is -2.47. The molecule has 2 heterocycles. The Hall–Kier alpha value is -3.29. The number of carbonyl (C=O) groups excluding carboxylic acids is 1. The van der Waals surface area contributed by atoms with E-state index in [4.69, 9.17) is 20.8 Å². The first-order chi connectivity index (χ1) is 18.7. The predicted octanol–water partition coefficient (Wildman–Crippen LogP) is 3.39. The summed E-state index contributed by atoms with van der Waals surface area (Å²) in [6, 6.07) is 16.1. The van der Waals surface area contributed by atoms with E-state index in [1.54, 1.807) is 12.1 Å². The number of sulfonamides is 1. The fraction of sp³-hybridized carbons (Fsp3) is 0.346. The van der Waals surface area contributed by atoms with Crippen molar-refractivity contribution in [2.45, 2.75) is 18.0 Å². The number of benzene rings is 2. The number of hydrogen-bond acceptors (Lipinski definition) is 8. The zero-order valence-electron chi connectivity index (χ0n) is 21.1. The molecule has 11 nitrogen and oxygen atoms in total. The Balaban J connectivity index is 1.61. The van der Waals surface area contributed by atoms with Crippen molar-refractivity contribution in [3.05, 3.63) is 93.4 Å². The molecule has 0 unspecified atom stereocenters. The van der Waals surface area contributed by atoms with Gasteiger partial charge in [-0.05, 0) is 29.8 Å². The molecular formula is C26H29ClN4O7S. The van der Waals surface area contributed by atoms with Crippen molar-refractivity contribution in [2.75, 3.05) is 45.9 Å². The van der Waals surface area contributed by atoms with Crippen LogP contribution in [0.4, 0.5) is 5.69 Å². The lowest BCUT2D eigenvalue weighted by molar-refractivity contribution is -0.384. The molecule has 1 aromatic heterocycles. The SMILES string of the molecule is O=C(CN(CCN1CCOCC1)S(=O)(=O)c1ccc(Cl)c([N+](=O)[O-])c1)N(Cc1ccccc1)Cc1ccco1. The quantitative estimate of drug-likeness (QED) is 0.237. The van der Waals surface area contributed by atoms with Crippen molar-refractivity contribution < 1.29 is 27.3 Å². The first-order valence-corrected chi connectivity index (χ1v) is 14.1. The van der Waals surface area contributed by atoms with Gasteiger partial charge < -0.3 is 14.1 Å². The minimum atomic E-state index is -4.30. The lowest BCUT2D eigenvalue weighted by Gasteiger charge is -2.30. The zero-order valence-corrected chi connectivity index (χ0v) is 22.7. The van der Waals surface area contributed by atoms with Crippen LogP contribution in [-0.2, 0) is 32.6 Å². The monoisotopic (exact) mass is 576 g/mol. The average Bonchev–Trinajstić information content (AvgIpc) is 3.45. The summed E-state index contributed by atoms with van der Waals surface area (Å²) in [4.78, 5) is 27.6. The van der Waals surface area contributed by atoms with Gasteiger partial charge in [-0.25, -0.2) is 8.42 Å². The van der Waals surface area contributed by atoms with Gasteiger partial charge in [0.2, 0.25) is 15.9 Å². The first kappa shape index (κ1) is 28.7. The molecule has 1 amide bonds. The second-order valence-corrected chi connectivity index (χ2v) is 11.3. The van der Waals surface area contributed by atoms with Crippen LogP contribution in [0.25, 0.3) is 0 Å². The topological polar surface area (TPSA) is 126 Å². The molecule has 1 fully saturated rings. The van der Waals surface area contributed by atoms with E-state index in [2.05, 4.69) is 0 Å². The summed E-state index contributed by atoms with van der Waals surface area (Å²) in [5.41, 5.74) is 0.342. The molecule has 4 rings (SSSR count). The maximum Gasteiger partial charge on any atom is 0.289 e. The standard InChI is InChI=1S/C26H29ClN4O7S/c27-24-9-8-23(17-25(24)31(33)34)39(35,36)30(11-10-28-12-15-37-16-13-28)20-26(32)29(19-22-7-4-14-38-22)18-21-5-2-1-3-6-21/h1-9,14,17H,10-13,15-16,18-20H2. The van der Waals surface area contributed by atoms with E-state index < -0.39 is 33.1 Å². The van der Waals surface area contributed by atoms with E-state index in [1.165, 1.54) is 23.3 Å². The highest BCUT2D eigenvalue weighted by molar-refractivity contribution is 7.89. The number of amides is 1. The molecule has 0 bridgehead atoms. The highest BCUT2D eigenvalue weighted by Gasteiger charge is 2.31. The number of halogens is 1. The Labute approximate surface area is 231 Å². The van der Waals surface area contributed by atoms with Gasteiger partial charge in [-0.15, -0.1) is 0 Å². The fourth-order valence-electron chi connectivity index (χ4n) is 4.18. The van der Waals surface area contributed by atoms with Gasteiger partial charge in [0.15, 0.2) is 0 Å². The molecule has 39 heavy (non-hydrogen) atoms. The van der Waals surface area contributed by atoms with Gasteiger partial charge in [-0.1, -0.05) is 41.9 Å². The number of carbonyl (C=O) groups is 1. The van der Waals surface area contributed by atoms with Crippen molar-refractivity contribution in [3.8, 4) is 0 Å². The minimum Gasteiger partial charge on any atom is -0.467 e. The molecular weight excluding hydrogens is 548 g/mol. The molecule has 208 valence electrons. The van der Waals surface area contributed by atoms with Crippen LogP contribution in [-0.4, -0.2) is 79.3 Å². The highest BCUT2D eigenvalue weighted by atomic mass is 35.5. The van der Waals surface area contributed by atoms with Crippen LogP contribution in [0.2, 0.25) is 5.02 Å². The molecule has 1 aliphatic heterocycles. The largest absolute Gasteiger partial charge is 0.467 e. The lowest BCUT2D eigenvalue weighted by atomic mass is 10.2. The third-order valence-electron chi connectivity index (χ3n) is 6.33. The summed E-state index contributed by atoms with van der Waals surface area (Å²) in [7, 11) is -4.30. The fourth-order valence-corrected chi connectivity index (χ4v) is 5.77. The van der Waals surface area contributed by atoms with Gasteiger partial charge in [0.25, 0.3) is 5.69 Å². The molecule has 3 aromatic rings. The number of nitro groups is 1. The van der Waals surface area contributed by atoms with Gasteiger partial charge >= 0.3 is 0 Å². The Bertz CT molecular complexity index is 1360. The van der Waals surface area contributed by atoms with Crippen molar-refractivity contribution in [1.29, 1.82) is 0 Å². The van der Waals surface area contributed by atoms with Crippen molar-refractivity contribution >= 4 is 33.2 Å². The third-order valence-corrected chi connectivity index (χ3v) is 8.49. The van der Waals surface area contributed by atoms with Crippen molar-refractivity contribution in [1.82, 2.24) is 14.1 Å². The number of ether oxygens (including phenoxy) is 1. The van der Waals surface area contributed by atoms with Crippen LogP contribution >= 0.6 is 11.6 Å². The normalized spacial score (nSPS) is 14.4. The summed E-state index contributed by atoms with van der Waals surface area (Å²) in [5.74, 6) is 0.111. The molecule has 0 radical (unpaired) electrons. The number of hydrogen-bond donors (Lipinski definition) is 0. The molecule has 0 atom stereocenters. The third kappa shape index (κ3) is 7.64. The van der Waals surface area contributed by atoms with Gasteiger partial charge in [-0.2, -0.15) is 4.31 Å². The average molecular weight is 577 g/mol. The van der Waals surface area contributed by atoms with E-state index in [-0.39, 0.29) is 29.6 Å². The maximum atomic E-state index is 13.8. The van der Waals surface area contributed by atoms with E-state index in [0.717, 1.165) is 15.9 Å². The van der Waals surface area contributed by atoms with E-state index in [1.807, 2.05) is 35.2 Å². The maximum absolute atomic E-state index is 13.8.